The molecule has 2 aliphatic rings. The third-order valence-electron chi connectivity index (χ3n) is 6.46. The maximum absolute atomic E-state index is 13.2. The second-order valence-corrected chi connectivity index (χ2v) is 8.35. The highest BCUT2D eigenvalue weighted by Gasteiger charge is 2.44. The second-order valence-electron chi connectivity index (χ2n) is 7.97. The van der Waals surface area contributed by atoms with Crippen molar-refractivity contribution in [2.24, 2.45) is 0 Å². The SMILES string of the molecule is CCOc1ccc(C(=O)N2CCC3(CC2)c2ccc(Cl)n2CCN3C)cc1OCC. The molecule has 30 heavy (non-hydrogen) atoms. The van der Waals surface area contributed by atoms with Gasteiger partial charge in [-0.3, -0.25) is 9.69 Å². The number of aromatic nitrogens is 1. The van der Waals surface area contributed by atoms with Gasteiger partial charge in [-0.2, -0.15) is 0 Å². The number of benzene rings is 1. The topological polar surface area (TPSA) is 46.9 Å². The average molecular weight is 432 g/mol. The molecule has 3 heterocycles. The van der Waals surface area contributed by atoms with Crippen molar-refractivity contribution in [2.45, 2.75) is 38.8 Å². The molecular weight excluding hydrogens is 402 g/mol. The number of halogens is 1. The quantitative estimate of drug-likeness (QED) is 0.717. The van der Waals surface area contributed by atoms with Crippen LogP contribution in [0.25, 0.3) is 0 Å². The van der Waals surface area contributed by atoms with Gasteiger partial charge in [0.2, 0.25) is 0 Å². The molecule has 6 nitrogen and oxygen atoms in total. The Morgan fingerprint density at radius 1 is 1.00 bits per heavy atom. The normalized spacial score (nSPS) is 18.3. The molecule has 2 aliphatic heterocycles. The van der Waals surface area contributed by atoms with Gasteiger partial charge in [0.1, 0.15) is 5.15 Å². The van der Waals surface area contributed by atoms with Gasteiger partial charge in [0.25, 0.3) is 5.91 Å². The number of carbonyl (C=O) groups is 1. The van der Waals surface area contributed by atoms with Crippen LogP contribution < -0.4 is 9.47 Å². The summed E-state index contributed by atoms with van der Waals surface area (Å²) < 4.78 is 13.5. The summed E-state index contributed by atoms with van der Waals surface area (Å²) in [5, 5.41) is 0.800. The first-order valence-corrected chi connectivity index (χ1v) is 11.1. The summed E-state index contributed by atoms with van der Waals surface area (Å²) >= 11 is 6.40. The summed E-state index contributed by atoms with van der Waals surface area (Å²) in [6.45, 7) is 8.24. The number of hydrogen-bond donors (Lipinski definition) is 0. The van der Waals surface area contributed by atoms with Gasteiger partial charge in [0.05, 0.1) is 18.8 Å². The van der Waals surface area contributed by atoms with Crippen LogP contribution in [0.3, 0.4) is 0 Å². The first kappa shape index (κ1) is 21.1. The van der Waals surface area contributed by atoms with Crippen LogP contribution in [0.1, 0.15) is 42.7 Å². The van der Waals surface area contributed by atoms with E-state index in [1.165, 1.54) is 5.69 Å². The summed E-state index contributed by atoms with van der Waals surface area (Å²) in [5.41, 5.74) is 1.85. The number of ether oxygens (including phenoxy) is 2. The van der Waals surface area contributed by atoms with E-state index in [0.29, 0.717) is 43.4 Å². The third-order valence-corrected chi connectivity index (χ3v) is 6.79. The summed E-state index contributed by atoms with van der Waals surface area (Å²) in [4.78, 5) is 17.6. The largest absolute Gasteiger partial charge is 0.490 e. The second kappa shape index (κ2) is 8.52. The summed E-state index contributed by atoms with van der Waals surface area (Å²) in [6.07, 6.45) is 1.79. The predicted octanol–water partition coefficient (Wildman–Crippen LogP) is 4.02. The summed E-state index contributed by atoms with van der Waals surface area (Å²) in [5.74, 6) is 1.34. The maximum atomic E-state index is 13.2. The minimum absolute atomic E-state index is 0.0423. The van der Waals surface area contributed by atoms with Gasteiger partial charge in [0.15, 0.2) is 11.5 Å². The van der Waals surface area contributed by atoms with Crippen LogP contribution in [0, 0.1) is 0 Å². The summed E-state index contributed by atoms with van der Waals surface area (Å²) in [6, 6.07) is 9.61. The lowest BCUT2D eigenvalue weighted by Crippen LogP contribution is -2.56. The Morgan fingerprint density at radius 3 is 2.40 bits per heavy atom. The van der Waals surface area contributed by atoms with Crippen molar-refractivity contribution in [2.75, 3.05) is 39.9 Å². The molecule has 2 aromatic rings. The van der Waals surface area contributed by atoms with Crippen molar-refractivity contribution in [3.05, 3.63) is 46.7 Å². The van der Waals surface area contributed by atoms with E-state index < -0.39 is 0 Å². The minimum atomic E-state index is -0.0581. The average Bonchev–Trinajstić information content (AvgIpc) is 3.14. The standard InChI is InChI=1S/C23H30ClN3O3/c1-4-29-18-7-6-17(16-19(18)30-5-2)22(28)26-12-10-23(11-13-26)20-8-9-21(24)27(20)15-14-25(23)3/h6-9,16H,4-5,10-15H2,1-3H3. The van der Waals surface area contributed by atoms with E-state index in [9.17, 15) is 4.79 Å². The molecule has 0 aliphatic carbocycles. The maximum Gasteiger partial charge on any atom is 0.253 e. The van der Waals surface area contributed by atoms with E-state index in [4.69, 9.17) is 21.1 Å². The van der Waals surface area contributed by atoms with Crippen molar-refractivity contribution < 1.29 is 14.3 Å². The van der Waals surface area contributed by atoms with Gasteiger partial charge in [0, 0.05) is 37.4 Å². The van der Waals surface area contributed by atoms with Crippen molar-refractivity contribution in [3.8, 4) is 11.5 Å². The van der Waals surface area contributed by atoms with Crippen molar-refractivity contribution in [1.82, 2.24) is 14.4 Å². The molecule has 7 heteroatoms. The molecule has 1 aromatic heterocycles. The number of carbonyl (C=O) groups excluding carboxylic acids is 1. The molecule has 0 unspecified atom stereocenters. The third kappa shape index (κ3) is 3.56. The molecule has 0 atom stereocenters. The number of hydrogen-bond acceptors (Lipinski definition) is 4. The van der Waals surface area contributed by atoms with E-state index in [2.05, 4.69) is 22.6 Å². The molecule has 0 bridgehead atoms. The highest BCUT2D eigenvalue weighted by Crippen LogP contribution is 2.42. The zero-order valence-corrected chi connectivity index (χ0v) is 18.7. The number of likely N-dealkylation sites (N-methyl/N-ethyl adjacent to an activating group) is 1. The van der Waals surface area contributed by atoms with Crippen LogP contribution in [0.2, 0.25) is 5.15 Å². The number of nitrogens with zero attached hydrogens (tertiary/aromatic N) is 3. The zero-order chi connectivity index (χ0) is 21.3. The number of rotatable bonds is 5. The lowest BCUT2D eigenvalue weighted by Gasteiger charge is -2.50. The summed E-state index contributed by atoms with van der Waals surface area (Å²) in [7, 11) is 2.18. The van der Waals surface area contributed by atoms with Gasteiger partial charge < -0.3 is 18.9 Å². The Bertz CT molecular complexity index is 918. The fourth-order valence-electron chi connectivity index (χ4n) is 4.82. The molecule has 1 spiro atoms. The molecule has 4 rings (SSSR count). The number of amides is 1. The fourth-order valence-corrected chi connectivity index (χ4v) is 5.06. The Balaban J connectivity index is 1.52. The zero-order valence-electron chi connectivity index (χ0n) is 18.0. The lowest BCUT2D eigenvalue weighted by atomic mass is 9.81. The van der Waals surface area contributed by atoms with Crippen molar-refractivity contribution in [1.29, 1.82) is 0 Å². The molecule has 0 N–H and O–H groups in total. The minimum Gasteiger partial charge on any atom is -0.490 e. The molecule has 0 saturated carbocycles. The fraction of sp³-hybridized carbons (Fsp3) is 0.522. The van der Waals surface area contributed by atoms with E-state index in [1.54, 1.807) is 6.07 Å². The van der Waals surface area contributed by atoms with Crippen molar-refractivity contribution in [3.63, 3.8) is 0 Å². The monoisotopic (exact) mass is 431 g/mol. The van der Waals surface area contributed by atoms with Crippen LogP contribution in [-0.4, -0.2) is 60.2 Å². The van der Waals surface area contributed by atoms with E-state index in [0.717, 1.165) is 31.1 Å². The van der Waals surface area contributed by atoms with Gasteiger partial charge in [-0.1, -0.05) is 11.6 Å². The molecule has 1 amide bonds. The van der Waals surface area contributed by atoms with E-state index in [-0.39, 0.29) is 11.4 Å². The Morgan fingerprint density at radius 2 is 1.70 bits per heavy atom. The molecule has 1 fully saturated rings. The van der Waals surface area contributed by atoms with Gasteiger partial charge in [-0.15, -0.1) is 0 Å². The van der Waals surface area contributed by atoms with Crippen LogP contribution in [-0.2, 0) is 12.1 Å². The van der Waals surface area contributed by atoms with Gasteiger partial charge in [-0.05, 0) is 64.1 Å². The van der Waals surface area contributed by atoms with E-state index in [1.807, 2.05) is 36.9 Å². The first-order valence-electron chi connectivity index (χ1n) is 10.8. The van der Waals surface area contributed by atoms with Gasteiger partial charge in [-0.25, -0.2) is 0 Å². The van der Waals surface area contributed by atoms with Gasteiger partial charge >= 0.3 is 0 Å². The molecule has 1 saturated heterocycles. The predicted molar refractivity (Wildman–Crippen MR) is 118 cm³/mol. The number of fused-ring (bicyclic) bond motifs is 2. The highest BCUT2D eigenvalue weighted by molar-refractivity contribution is 6.29. The highest BCUT2D eigenvalue weighted by atomic mass is 35.5. The molecule has 1 aromatic carbocycles. The smallest absolute Gasteiger partial charge is 0.253 e. The number of piperidine rings is 1. The van der Waals surface area contributed by atoms with Crippen LogP contribution >= 0.6 is 11.6 Å². The Kier molecular flexibility index (Phi) is 5.98. The first-order chi connectivity index (χ1) is 14.5. The van der Waals surface area contributed by atoms with E-state index >= 15 is 0 Å². The lowest BCUT2D eigenvalue weighted by molar-refractivity contribution is 0.0131. The molecule has 0 radical (unpaired) electrons. The van der Waals surface area contributed by atoms with Crippen LogP contribution in [0.4, 0.5) is 0 Å². The van der Waals surface area contributed by atoms with Crippen LogP contribution in [0.15, 0.2) is 30.3 Å². The van der Waals surface area contributed by atoms with Crippen molar-refractivity contribution >= 4 is 17.5 Å². The molecular formula is C23H30ClN3O3. The van der Waals surface area contributed by atoms with Crippen LogP contribution in [0.5, 0.6) is 11.5 Å². The Labute approximate surface area is 183 Å². The molecule has 162 valence electrons. The Hall–Kier alpha value is -2.18. The number of likely N-dealkylation sites (tertiary alicyclic amines) is 1.